The Labute approximate surface area is 183 Å². The fourth-order valence-corrected chi connectivity index (χ4v) is 2.96. The highest BCUT2D eigenvalue weighted by molar-refractivity contribution is 5.69. The minimum atomic E-state index is -0.538. The van der Waals surface area contributed by atoms with E-state index in [1.807, 2.05) is 41.5 Å². The van der Waals surface area contributed by atoms with Gasteiger partial charge in [0.2, 0.25) is 0 Å². The van der Waals surface area contributed by atoms with Gasteiger partial charge in [0.25, 0.3) is 0 Å². The maximum Gasteiger partial charge on any atom is 0.163 e. The second-order valence-corrected chi connectivity index (χ2v) is 6.05. The number of nitrogen functional groups attached to an aromatic ring is 1. The number of nitrogens with zero attached hydrogens (tertiary/aromatic N) is 5. The minimum absolute atomic E-state index is 0.0105. The lowest BCUT2D eigenvalue weighted by molar-refractivity contribution is 0.269. The first kappa shape index (κ1) is 25.8. The van der Waals surface area contributed by atoms with E-state index in [1.165, 1.54) is 10.6 Å². The van der Waals surface area contributed by atoms with Crippen LogP contribution in [0.25, 0.3) is 5.65 Å². The first-order chi connectivity index (χ1) is 15.0. The van der Waals surface area contributed by atoms with E-state index in [-0.39, 0.29) is 17.1 Å². The minimum Gasteiger partial charge on any atom is -0.390 e. The molecular formula is C22H32FN7O. The Bertz CT molecular complexity index is 1040. The van der Waals surface area contributed by atoms with Crippen molar-refractivity contribution in [1.29, 1.82) is 5.26 Å². The van der Waals surface area contributed by atoms with Crippen LogP contribution in [0.2, 0.25) is 0 Å². The van der Waals surface area contributed by atoms with Gasteiger partial charge in [0, 0.05) is 24.2 Å². The van der Waals surface area contributed by atoms with Crippen LogP contribution < -0.4 is 11.1 Å². The summed E-state index contributed by atoms with van der Waals surface area (Å²) in [5, 5.41) is 26.1. The highest BCUT2D eigenvalue weighted by Gasteiger charge is 2.18. The predicted molar refractivity (Wildman–Crippen MR) is 121 cm³/mol. The molecule has 31 heavy (non-hydrogen) atoms. The van der Waals surface area contributed by atoms with Crippen LogP contribution in [0, 0.1) is 24.1 Å². The molecule has 8 nitrogen and oxygen atoms in total. The van der Waals surface area contributed by atoms with E-state index in [0.29, 0.717) is 30.1 Å². The van der Waals surface area contributed by atoms with Gasteiger partial charge in [0.15, 0.2) is 5.65 Å². The van der Waals surface area contributed by atoms with Crippen molar-refractivity contribution in [1.82, 2.24) is 19.6 Å². The molecule has 0 amide bonds. The number of fused-ring (bicyclic) bond motifs is 1. The quantitative estimate of drug-likeness (QED) is 0.544. The number of anilines is 2. The number of aromatic nitrogens is 4. The zero-order valence-electron chi connectivity index (χ0n) is 19.1. The molecule has 0 radical (unpaired) electrons. The number of halogens is 1. The monoisotopic (exact) mass is 429 g/mol. The van der Waals surface area contributed by atoms with E-state index in [0.717, 1.165) is 17.7 Å². The molecule has 0 saturated carbocycles. The van der Waals surface area contributed by atoms with Crippen molar-refractivity contribution in [2.24, 2.45) is 0 Å². The molecule has 168 valence electrons. The van der Waals surface area contributed by atoms with Crippen molar-refractivity contribution < 1.29 is 9.50 Å². The molecule has 3 rings (SSSR count). The van der Waals surface area contributed by atoms with Gasteiger partial charge in [-0.05, 0) is 25.5 Å². The van der Waals surface area contributed by atoms with Crippen LogP contribution in [0.3, 0.4) is 0 Å². The topological polar surface area (TPSA) is 125 Å². The molecule has 3 aromatic rings. The number of aliphatic hydroxyl groups is 1. The molecule has 0 aliphatic rings. The van der Waals surface area contributed by atoms with Crippen LogP contribution in [0.5, 0.6) is 0 Å². The molecule has 0 aliphatic carbocycles. The smallest absolute Gasteiger partial charge is 0.163 e. The van der Waals surface area contributed by atoms with E-state index in [2.05, 4.69) is 26.5 Å². The fourth-order valence-electron chi connectivity index (χ4n) is 2.96. The van der Waals surface area contributed by atoms with Crippen molar-refractivity contribution in [3.8, 4) is 6.07 Å². The fraction of sp³-hybridized carbons (Fsp3) is 0.455. The Morgan fingerprint density at radius 1 is 1.23 bits per heavy atom. The van der Waals surface area contributed by atoms with Gasteiger partial charge in [-0.15, -0.1) is 0 Å². The SMILES string of the molecule is CC.CC.CCc1c(C)nn2c(N)c(C#N)c(NCCc3ccc(F)c(CO)n3)nc12. The van der Waals surface area contributed by atoms with E-state index >= 15 is 0 Å². The van der Waals surface area contributed by atoms with Gasteiger partial charge in [-0.3, -0.25) is 4.98 Å². The Morgan fingerprint density at radius 2 is 1.90 bits per heavy atom. The predicted octanol–water partition coefficient (Wildman–Crippen LogP) is 3.79. The number of nitrogens with two attached hydrogens (primary N) is 1. The van der Waals surface area contributed by atoms with Crippen molar-refractivity contribution in [3.63, 3.8) is 0 Å². The molecule has 0 saturated heterocycles. The average Bonchev–Trinajstić information content (AvgIpc) is 3.13. The number of aliphatic hydroxyl groups excluding tert-OH is 1. The van der Waals surface area contributed by atoms with Crippen LogP contribution >= 0.6 is 0 Å². The summed E-state index contributed by atoms with van der Waals surface area (Å²) in [6.07, 6.45) is 1.21. The molecule has 0 atom stereocenters. The van der Waals surface area contributed by atoms with Gasteiger partial charge in [0.1, 0.15) is 34.8 Å². The van der Waals surface area contributed by atoms with E-state index in [9.17, 15) is 9.65 Å². The first-order valence-electron chi connectivity index (χ1n) is 10.6. The molecule has 0 aromatic carbocycles. The highest BCUT2D eigenvalue weighted by Crippen LogP contribution is 2.24. The van der Waals surface area contributed by atoms with Crippen LogP contribution in [-0.4, -0.2) is 31.2 Å². The molecule has 3 heterocycles. The maximum absolute atomic E-state index is 13.4. The lowest BCUT2D eigenvalue weighted by atomic mass is 10.2. The van der Waals surface area contributed by atoms with Gasteiger partial charge >= 0.3 is 0 Å². The van der Waals surface area contributed by atoms with Crippen LogP contribution in [-0.2, 0) is 19.4 Å². The lowest BCUT2D eigenvalue weighted by Gasteiger charge is -2.11. The van der Waals surface area contributed by atoms with Crippen molar-refractivity contribution in [3.05, 3.63) is 46.2 Å². The Hall–Kier alpha value is -3.25. The largest absolute Gasteiger partial charge is 0.390 e. The first-order valence-corrected chi connectivity index (χ1v) is 10.6. The van der Waals surface area contributed by atoms with E-state index in [4.69, 9.17) is 10.8 Å². The number of hydrogen-bond donors (Lipinski definition) is 3. The zero-order valence-corrected chi connectivity index (χ0v) is 19.1. The molecule has 0 bridgehead atoms. The molecule has 9 heteroatoms. The van der Waals surface area contributed by atoms with Gasteiger partial charge in [-0.1, -0.05) is 34.6 Å². The molecule has 0 aliphatic heterocycles. The third-order valence-corrected chi connectivity index (χ3v) is 4.36. The summed E-state index contributed by atoms with van der Waals surface area (Å²) in [5.74, 6) is 0.0703. The normalized spacial score (nSPS) is 9.90. The number of hydrogen-bond acceptors (Lipinski definition) is 7. The summed E-state index contributed by atoms with van der Waals surface area (Å²) in [5.41, 5.74) is 9.39. The third kappa shape index (κ3) is 5.67. The Morgan fingerprint density at radius 3 is 2.48 bits per heavy atom. The summed E-state index contributed by atoms with van der Waals surface area (Å²) in [6.45, 7) is 11.8. The van der Waals surface area contributed by atoms with Crippen LogP contribution in [0.1, 0.15) is 62.8 Å². The van der Waals surface area contributed by atoms with Gasteiger partial charge in [0.05, 0.1) is 12.3 Å². The number of aryl methyl sites for hydroxylation is 2. The molecular weight excluding hydrogens is 397 g/mol. The Balaban J connectivity index is 0.00000113. The molecule has 0 fully saturated rings. The summed E-state index contributed by atoms with van der Waals surface area (Å²) >= 11 is 0. The summed E-state index contributed by atoms with van der Waals surface area (Å²) in [7, 11) is 0. The number of nitrogens with one attached hydrogen (secondary N) is 1. The van der Waals surface area contributed by atoms with Gasteiger partial charge in [-0.25, -0.2) is 9.37 Å². The summed E-state index contributed by atoms with van der Waals surface area (Å²) in [4.78, 5) is 8.62. The molecule has 3 aromatic heterocycles. The molecule has 4 N–H and O–H groups in total. The van der Waals surface area contributed by atoms with Gasteiger partial charge in [-0.2, -0.15) is 14.9 Å². The summed E-state index contributed by atoms with van der Waals surface area (Å²) < 4.78 is 14.9. The standard InChI is InChI=1S/C18H20FN7O.2C2H6/c1-3-12-10(2)25-26-16(21)13(8-20)17(24-18(12)26)22-7-6-11-4-5-14(19)15(9-27)23-11;2*1-2/h4-5,27H,3,6-7,9,21H2,1-2H3,(H,22,24);2*1-2H3. The average molecular weight is 430 g/mol. The maximum atomic E-state index is 13.4. The highest BCUT2D eigenvalue weighted by atomic mass is 19.1. The second kappa shape index (κ2) is 12.4. The van der Waals surface area contributed by atoms with Crippen molar-refractivity contribution in [2.75, 3.05) is 17.6 Å². The van der Waals surface area contributed by atoms with Crippen molar-refractivity contribution >= 4 is 17.3 Å². The number of nitriles is 1. The Kier molecular flexibility index (Phi) is 10.4. The number of rotatable bonds is 6. The van der Waals surface area contributed by atoms with E-state index in [1.54, 1.807) is 6.07 Å². The van der Waals surface area contributed by atoms with Crippen LogP contribution in [0.15, 0.2) is 12.1 Å². The third-order valence-electron chi connectivity index (χ3n) is 4.36. The van der Waals surface area contributed by atoms with Gasteiger partial charge < -0.3 is 16.2 Å². The van der Waals surface area contributed by atoms with Crippen molar-refractivity contribution in [2.45, 2.75) is 61.0 Å². The van der Waals surface area contributed by atoms with Crippen LogP contribution in [0.4, 0.5) is 16.0 Å². The zero-order chi connectivity index (χ0) is 23.6. The molecule has 0 unspecified atom stereocenters. The second-order valence-electron chi connectivity index (χ2n) is 6.05. The molecule has 0 spiro atoms. The van der Waals surface area contributed by atoms with E-state index < -0.39 is 12.4 Å². The lowest BCUT2D eigenvalue weighted by Crippen LogP contribution is -2.13. The summed E-state index contributed by atoms with van der Waals surface area (Å²) in [6, 6.07) is 4.90. The number of pyridine rings is 1.